The Morgan fingerprint density at radius 2 is 2.06 bits per heavy atom. The summed E-state index contributed by atoms with van der Waals surface area (Å²) in [5, 5.41) is 0.662. The average molecular weight is 271 g/mol. The Balaban J connectivity index is 2.64. The number of halogens is 2. The number of nitrogens with two attached hydrogens (primary N) is 1. The molecule has 0 saturated carbocycles. The van der Waals surface area contributed by atoms with Crippen LogP contribution in [0.2, 0.25) is 5.02 Å². The number of anilines is 1. The molecule has 0 atom stereocenters. The van der Waals surface area contributed by atoms with Gasteiger partial charge < -0.3 is 5.73 Å². The highest BCUT2D eigenvalue weighted by molar-refractivity contribution is 7.98. The second-order valence-electron chi connectivity index (χ2n) is 3.10. The molecule has 88 valence electrons. The van der Waals surface area contributed by atoms with Crippen molar-refractivity contribution in [3.05, 3.63) is 29.0 Å². The fraction of sp³-hybridized carbons (Fsp3) is 0.100. The maximum absolute atomic E-state index is 13.7. The number of nitrogens with zero attached hydrogens (tertiary/aromatic N) is 3. The van der Waals surface area contributed by atoms with Gasteiger partial charge in [0.2, 0.25) is 5.95 Å². The van der Waals surface area contributed by atoms with Crippen molar-refractivity contribution >= 4 is 29.3 Å². The van der Waals surface area contributed by atoms with Gasteiger partial charge in [-0.2, -0.15) is 9.97 Å². The number of hydrogen-bond acceptors (Lipinski definition) is 5. The number of aromatic nitrogens is 3. The molecule has 2 aromatic rings. The molecule has 1 aromatic carbocycles. The minimum atomic E-state index is -0.491. The Labute approximate surface area is 106 Å². The molecule has 0 spiro atoms. The van der Waals surface area contributed by atoms with Gasteiger partial charge in [-0.25, -0.2) is 9.37 Å². The zero-order chi connectivity index (χ0) is 12.4. The largest absolute Gasteiger partial charge is 0.368 e. The van der Waals surface area contributed by atoms with Gasteiger partial charge in [0, 0.05) is 0 Å². The molecule has 0 bridgehead atoms. The molecule has 7 heteroatoms. The third-order valence-electron chi connectivity index (χ3n) is 2.00. The Morgan fingerprint density at radius 1 is 1.29 bits per heavy atom. The molecule has 2 N–H and O–H groups in total. The smallest absolute Gasteiger partial charge is 0.224 e. The first kappa shape index (κ1) is 12.1. The maximum Gasteiger partial charge on any atom is 0.224 e. The van der Waals surface area contributed by atoms with Crippen LogP contribution in [0.5, 0.6) is 0 Å². The van der Waals surface area contributed by atoms with Gasteiger partial charge in [0.25, 0.3) is 0 Å². The second kappa shape index (κ2) is 4.85. The first-order valence-corrected chi connectivity index (χ1v) is 6.22. The van der Waals surface area contributed by atoms with Crippen molar-refractivity contribution in [1.82, 2.24) is 15.0 Å². The van der Waals surface area contributed by atoms with Gasteiger partial charge >= 0.3 is 0 Å². The Morgan fingerprint density at radius 3 is 2.71 bits per heavy atom. The van der Waals surface area contributed by atoms with Crippen LogP contribution in [0, 0.1) is 5.82 Å². The predicted octanol–water partition coefficient (Wildman–Crippen LogP) is 2.64. The van der Waals surface area contributed by atoms with Gasteiger partial charge in [-0.3, -0.25) is 0 Å². The average Bonchev–Trinajstić information content (AvgIpc) is 2.28. The van der Waals surface area contributed by atoms with E-state index in [1.54, 1.807) is 12.3 Å². The molecule has 4 nitrogen and oxygen atoms in total. The maximum atomic E-state index is 13.7. The van der Waals surface area contributed by atoms with Gasteiger partial charge in [-0.05, 0) is 18.4 Å². The Bertz CT molecular complexity index is 544. The van der Waals surface area contributed by atoms with E-state index < -0.39 is 5.82 Å². The molecule has 0 aliphatic rings. The van der Waals surface area contributed by atoms with E-state index in [9.17, 15) is 4.39 Å². The molecular weight excluding hydrogens is 263 g/mol. The van der Waals surface area contributed by atoms with Crippen LogP contribution in [0.25, 0.3) is 11.4 Å². The van der Waals surface area contributed by atoms with E-state index >= 15 is 0 Å². The van der Waals surface area contributed by atoms with E-state index in [0.717, 1.165) is 0 Å². The summed E-state index contributed by atoms with van der Waals surface area (Å²) in [6.07, 6.45) is 1.79. The minimum Gasteiger partial charge on any atom is -0.368 e. The summed E-state index contributed by atoms with van der Waals surface area (Å²) < 4.78 is 13.7. The van der Waals surface area contributed by atoms with Crippen LogP contribution in [0.15, 0.2) is 23.4 Å². The van der Waals surface area contributed by atoms with Crippen molar-refractivity contribution in [2.24, 2.45) is 0 Å². The molecule has 0 saturated heterocycles. The van der Waals surface area contributed by atoms with E-state index in [2.05, 4.69) is 15.0 Å². The highest BCUT2D eigenvalue weighted by Crippen LogP contribution is 2.28. The summed E-state index contributed by atoms with van der Waals surface area (Å²) in [5.74, 6) is -0.307. The predicted molar refractivity (Wildman–Crippen MR) is 66.4 cm³/mol. The van der Waals surface area contributed by atoms with Crippen LogP contribution >= 0.6 is 23.4 Å². The van der Waals surface area contributed by atoms with Crippen molar-refractivity contribution in [3.8, 4) is 11.4 Å². The molecule has 0 fully saturated rings. The Hall–Kier alpha value is -1.40. The Kier molecular flexibility index (Phi) is 3.44. The molecular formula is C10H8ClFN4S. The van der Waals surface area contributed by atoms with Crippen molar-refractivity contribution in [2.75, 3.05) is 12.0 Å². The number of hydrogen-bond donors (Lipinski definition) is 1. The summed E-state index contributed by atoms with van der Waals surface area (Å²) in [6, 6.07) is 4.37. The summed E-state index contributed by atoms with van der Waals surface area (Å²) in [7, 11) is 0. The zero-order valence-corrected chi connectivity index (χ0v) is 10.4. The monoisotopic (exact) mass is 270 g/mol. The van der Waals surface area contributed by atoms with E-state index in [1.165, 1.54) is 23.9 Å². The lowest BCUT2D eigenvalue weighted by Gasteiger charge is -2.05. The summed E-state index contributed by atoms with van der Waals surface area (Å²) >= 11 is 7.22. The van der Waals surface area contributed by atoms with Crippen LogP contribution in [0.1, 0.15) is 0 Å². The van der Waals surface area contributed by atoms with Gasteiger partial charge in [-0.15, -0.1) is 0 Å². The van der Waals surface area contributed by atoms with E-state index in [0.29, 0.717) is 5.16 Å². The molecule has 17 heavy (non-hydrogen) atoms. The lowest BCUT2D eigenvalue weighted by atomic mass is 10.2. The SMILES string of the molecule is CSc1nc(N)nc(-c2c(F)cccc2Cl)n1. The van der Waals surface area contributed by atoms with Crippen molar-refractivity contribution in [1.29, 1.82) is 0 Å². The quantitative estimate of drug-likeness (QED) is 0.850. The third kappa shape index (κ3) is 2.48. The summed E-state index contributed by atoms with van der Waals surface area (Å²) in [4.78, 5) is 11.9. The molecule has 2 rings (SSSR count). The standard InChI is InChI=1S/C10H8ClFN4S/c1-17-10-15-8(14-9(13)16-10)7-5(11)3-2-4-6(7)12/h2-4H,1H3,(H2,13,14,15,16). The number of rotatable bonds is 2. The van der Waals surface area contributed by atoms with Crippen molar-refractivity contribution in [2.45, 2.75) is 5.16 Å². The van der Waals surface area contributed by atoms with Gasteiger partial charge in [-0.1, -0.05) is 29.4 Å². The zero-order valence-electron chi connectivity index (χ0n) is 8.82. The van der Waals surface area contributed by atoms with E-state index in [4.69, 9.17) is 17.3 Å². The minimum absolute atomic E-state index is 0.0404. The van der Waals surface area contributed by atoms with Gasteiger partial charge in [0.1, 0.15) is 5.82 Å². The normalized spacial score (nSPS) is 10.5. The lowest BCUT2D eigenvalue weighted by molar-refractivity contribution is 0.629. The van der Waals surface area contributed by atoms with Crippen LogP contribution in [0.4, 0.5) is 10.3 Å². The fourth-order valence-electron chi connectivity index (χ4n) is 1.29. The second-order valence-corrected chi connectivity index (χ2v) is 4.28. The molecule has 0 aliphatic heterocycles. The van der Waals surface area contributed by atoms with Gasteiger partial charge in [0.05, 0.1) is 10.6 Å². The van der Waals surface area contributed by atoms with Crippen LogP contribution in [-0.4, -0.2) is 21.2 Å². The third-order valence-corrected chi connectivity index (χ3v) is 2.86. The number of benzene rings is 1. The van der Waals surface area contributed by atoms with Crippen molar-refractivity contribution in [3.63, 3.8) is 0 Å². The lowest BCUT2D eigenvalue weighted by Crippen LogP contribution is -2.02. The number of thioether (sulfide) groups is 1. The van der Waals surface area contributed by atoms with Crippen LogP contribution < -0.4 is 5.73 Å². The van der Waals surface area contributed by atoms with Crippen LogP contribution in [-0.2, 0) is 0 Å². The fourth-order valence-corrected chi connectivity index (χ4v) is 1.90. The molecule has 0 unspecified atom stereocenters. The topological polar surface area (TPSA) is 64.7 Å². The first-order chi connectivity index (χ1) is 8.11. The molecule has 0 amide bonds. The van der Waals surface area contributed by atoms with Crippen molar-refractivity contribution < 1.29 is 4.39 Å². The van der Waals surface area contributed by atoms with E-state index in [-0.39, 0.29) is 22.4 Å². The van der Waals surface area contributed by atoms with Crippen LogP contribution in [0.3, 0.4) is 0 Å². The molecule has 1 aromatic heterocycles. The molecule has 0 radical (unpaired) electrons. The van der Waals surface area contributed by atoms with Gasteiger partial charge in [0.15, 0.2) is 11.0 Å². The summed E-state index contributed by atoms with van der Waals surface area (Å²) in [6.45, 7) is 0. The molecule has 0 aliphatic carbocycles. The summed E-state index contributed by atoms with van der Waals surface area (Å²) in [5.41, 5.74) is 5.67. The first-order valence-electron chi connectivity index (χ1n) is 4.61. The molecule has 1 heterocycles. The highest BCUT2D eigenvalue weighted by atomic mass is 35.5. The highest BCUT2D eigenvalue weighted by Gasteiger charge is 2.14. The number of nitrogen functional groups attached to an aromatic ring is 1. The van der Waals surface area contributed by atoms with E-state index in [1.807, 2.05) is 0 Å².